The van der Waals surface area contributed by atoms with E-state index in [-0.39, 0.29) is 17.7 Å². The number of anilines is 1. The van der Waals surface area contributed by atoms with E-state index < -0.39 is 5.25 Å². The molecule has 1 atom stereocenters. The third-order valence-corrected chi connectivity index (χ3v) is 5.90. The van der Waals surface area contributed by atoms with Crippen LogP contribution in [0.1, 0.15) is 18.4 Å². The van der Waals surface area contributed by atoms with Gasteiger partial charge >= 0.3 is 0 Å². The van der Waals surface area contributed by atoms with Gasteiger partial charge in [-0.05, 0) is 48.9 Å². The average molecular weight is 496 g/mol. The maximum Gasteiger partial charge on any atom is 0.277 e. The molecule has 3 aromatic carbocycles. The third kappa shape index (κ3) is 6.76. The second kappa shape index (κ2) is 11.6. The monoisotopic (exact) mass is 495 g/mol. The number of aromatic nitrogens is 2. The van der Waals surface area contributed by atoms with Crippen molar-refractivity contribution in [3.63, 3.8) is 0 Å². The summed E-state index contributed by atoms with van der Waals surface area (Å²) < 4.78 is 16.9. The Morgan fingerprint density at radius 2 is 1.71 bits per heavy atom. The highest BCUT2D eigenvalue weighted by Crippen LogP contribution is 2.26. The van der Waals surface area contributed by atoms with E-state index in [9.17, 15) is 4.79 Å². The van der Waals surface area contributed by atoms with Crippen molar-refractivity contribution < 1.29 is 18.7 Å². The number of amides is 1. The summed E-state index contributed by atoms with van der Waals surface area (Å²) in [6, 6.07) is 24.3. The molecular formula is C25H22ClN3O4S. The highest BCUT2D eigenvalue weighted by molar-refractivity contribution is 8.00. The fraction of sp³-hybridized carbons (Fsp3) is 0.160. The van der Waals surface area contributed by atoms with Crippen molar-refractivity contribution in [3.05, 3.63) is 95.3 Å². The van der Waals surface area contributed by atoms with Gasteiger partial charge in [0, 0.05) is 5.69 Å². The predicted octanol–water partition coefficient (Wildman–Crippen LogP) is 6.00. The normalized spacial score (nSPS) is 11.6. The molecule has 34 heavy (non-hydrogen) atoms. The molecule has 0 bridgehead atoms. The van der Waals surface area contributed by atoms with Crippen LogP contribution in [-0.2, 0) is 18.0 Å². The Kier molecular flexibility index (Phi) is 8.06. The van der Waals surface area contributed by atoms with Gasteiger partial charge in [-0.25, -0.2) is 0 Å². The molecule has 0 unspecified atom stereocenters. The van der Waals surface area contributed by atoms with Gasteiger partial charge in [-0.1, -0.05) is 65.8 Å². The highest BCUT2D eigenvalue weighted by Gasteiger charge is 2.19. The number of carbonyl (C=O) groups excluding carboxylic acids is 1. The lowest BCUT2D eigenvalue weighted by atomic mass is 10.2. The number of nitrogens with one attached hydrogen (secondary N) is 1. The van der Waals surface area contributed by atoms with Gasteiger partial charge in [0.15, 0.2) is 6.61 Å². The zero-order chi connectivity index (χ0) is 23.8. The van der Waals surface area contributed by atoms with Crippen LogP contribution >= 0.6 is 23.4 Å². The lowest BCUT2D eigenvalue weighted by Crippen LogP contribution is -2.22. The molecule has 1 amide bonds. The first-order valence-corrected chi connectivity index (χ1v) is 11.8. The standard InChI is InChI=1S/C25H22ClN3O4S/c1-17(34-25-29-28-23(33-25)16-32-22-10-6-5-9-21(22)26)24(30)27-19-11-13-20(14-12-19)31-15-18-7-3-2-4-8-18/h2-14,17H,15-16H2,1H3,(H,27,30)/t17-/m0/s1. The molecule has 174 valence electrons. The molecule has 0 saturated heterocycles. The smallest absolute Gasteiger partial charge is 0.277 e. The summed E-state index contributed by atoms with van der Waals surface area (Å²) in [6.07, 6.45) is 0. The quantitative estimate of drug-likeness (QED) is 0.270. The molecule has 4 rings (SSSR count). The summed E-state index contributed by atoms with van der Waals surface area (Å²) in [7, 11) is 0. The number of halogens is 1. The third-order valence-electron chi connectivity index (χ3n) is 4.65. The first-order valence-electron chi connectivity index (χ1n) is 10.5. The topological polar surface area (TPSA) is 86.5 Å². The van der Waals surface area contributed by atoms with Crippen molar-refractivity contribution >= 4 is 35.0 Å². The number of para-hydroxylation sites is 1. The molecule has 0 radical (unpaired) electrons. The molecule has 9 heteroatoms. The molecule has 4 aromatic rings. The number of carbonyl (C=O) groups is 1. The summed E-state index contributed by atoms with van der Waals surface area (Å²) in [6.45, 7) is 2.33. The number of benzene rings is 3. The van der Waals surface area contributed by atoms with Crippen LogP contribution in [0.3, 0.4) is 0 Å². The van der Waals surface area contributed by atoms with E-state index in [1.165, 1.54) is 11.8 Å². The van der Waals surface area contributed by atoms with Gasteiger partial charge in [-0.3, -0.25) is 4.79 Å². The van der Waals surface area contributed by atoms with Crippen molar-refractivity contribution in [2.24, 2.45) is 0 Å². The van der Waals surface area contributed by atoms with Crippen molar-refractivity contribution in [2.45, 2.75) is 30.6 Å². The minimum atomic E-state index is -0.452. The average Bonchev–Trinajstić information content (AvgIpc) is 3.31. The molecule has 7 nitrogen and oxygen atoms in total. The Morgan fingerprint density at radius 3 is 2.47 bits per heavy atom. The summed E-state index contributed by atoms with van der Waals surface area (Å²) in [5, 5.41) is 11.1. The van der Waals surface area contributed by atoms with Crippen LogP contribution in [-0.4, -0.2) is 21.4 Å². The summed E-state index contributed by atoms with van der Waals surface area (Å²) in [5.41, 5.74) is 1.76. The number of ether oxygens (including phenoxy) is 2. The van der Waals surface area contributed by atoms with Crippen molar-refractivity contribution in [3.8, 4) is 11.5 Å². The lowest BCUT2D eigenvalue weighted by molar-refractivity contribution is -0.115. The van der Waals surface area contributed by atoms with Gasteiger partial charge in [0.2, 0.25) is 5.91 Å². The van der Waals surface area contributed by atoms with Crippen LogP contribution in [0.5, 0.6) is 11.5 Å². The van der Waals surface area contributed by atoms with Gasteiger partial charge in [0.25, 0.3) is 11.1 Å². The van der Waals surface area contributed by atoms with Crippen LogP contribution in [0, 0.1) is 0 Å². The first kappa shape index (κ1) is 23.7. The van der Waals surface area contributed by atoms with Crippen molar-refractivity contribution in [2.75, 3.05) is 5.32 Å². The van der Waals surface area contributed by atoms with Gasteiger partial charge in [0.1, 0.15) is 18.1 Å². The highest BCUT2D eigenvalue weighted by atomic mass is 35.5. The van der Waals surface area contributed by atoms with E-state index in [0.29, 0.717) is 29.0 Å². The minimum Gasteiger partial charge on any atom is -0.489 e. The molecule has 0 fully saturated rings. The van der Waals surface area contributed by atoms with Gasteiger partial charge in [0.05, 0.1) is 10.3 Å². The molecule has 0 saturated carbocycles. The molecule has 0 aliphatic heterocycles. The fourth-order valence-electron chi connectivity index (χ4n) is 2.87. The maximum absolute atomic E-state index is 12.6. The van der Waals surface area contributed by atoms with E-state index >= 15 is 0 Å². The summed E-state index contributed by atoms with van der Waals surface area (Å²) in [5.74, 6) is 1.36. The lowest BCUT2D eigenvalue weighted by Gasteiger charge is -2.11. The van der Waals surface area contributed by atoms with Crippen LogP contribution < -0.4 is 14.8 Å². The van der Waals surface area contributed by atoms with Crippen molar-refractivity contribution in [1.29, 1.82) is 0 Å². The molecule has 1 N–H and O–H groups in total. The van der Waals surface area contributed by atoms with Gasteiger partial charge in [-0.15, -0.1) is 10.2 Å². The first-order chi connectivity index (χ1) is 16.6. The zero-order valence-electron chi connectivity index (χ0n) is 18.3. The molecule has 1 aromatic heterocycles. The van der Waals surface area contributed by atoms with Gasteiger partial charge in [-0.2, -0.15) is 0 Å². The number of hydrogen-bond acceptors (Lipinski definition) is 7. The summed E-state index contributed by atoms with van der Waals surface area (Å²) in [4.78, 5) is 12.6. The van der Waals surface area contributed by atoms with Crippen LogP contribution in [0.15, 0.2) is 88.5 Å². The predicted molar refractivity (Wildman–Crippen MR) is 131 cm³/mol. The van der Waals surface area contributed by atoms with E-state index in [1.54, 1.807) is 31.2 Å². The number of thioether (sulfide) groups is 1. The maximum atomic E-state index is 12.6. The Balaban J connectivity index is 1.24. The van der Waals surface area contributed by atoms with Crippen LogP contribution in [0.2, 0.25) is 5.02 Å². The SMILES string of the molecule is C[C@H](Sc1nnc(COc2ccccc2Cl)o1)C(=O)Nc1ccc(OCc2ccccc2)cc1. The molecule has 1 heterocycles. The molecular weight excluding hydrogens is 474 g/mol. The van der Waals surface area contributed by atoms with E-state index in [1.807, 2.05) is 54.6 Å². The fourth-order valence-corrected chi connectivity index (χ4v) is 3.76. The number of nitrogens with zero attached hydrogens (tertiary/aromatic N) is 2. The van der Waals surface area contributed by atoms with Crippen molar-refractivity contribution in [1.82, 2.24) is 10.2 Å². The van der Waals surface area contributed by atoms with Gasteiger partial charge < -0.3 is 19.2 Å². The molecule has 0 spiro atoms. The second-order valence-electron chi connectivity index (χ2n) is 7.23. The molecule has 0 aliphatic rings. The zero-order valence-corrected chi connectivity index (χ0v) is 19.9. The largest absolute Gasteiger partial charge is 0.489 e. The number of rotatable bonds is 10. The Morgan fingerprint density at radius 1 is 0.971 bits per heavy atom. The van der Waals surface area contributed by atoms with E-state index in [4.69, 9.17) is 25.5 Å². The Labute approximate surface area is 206 Å². The molecule has 0 aliphatic carbocycles. The minimum absolute atomic E-state index is 0.0799. The van der Waals surface area contributed by atoms with E-state index in [0.717, 1.165) is 11.3 Å². The number of hydrogen-bond donors (Lipinski definition) is 1. The van der Waals surface area contributed by atoms with Crippen LogP contribution in [0.25, 0.3) is 0 Å². The Hall–Kier alpha value is -3.49. The van der Waals surface area contributed by atoms with Crippen LogP contribution in [0.4, 0.5) is 5.69 Å². The van der Waals surface area contributed by atoms with E-state index in [2.05, 4.69) is 15.5 Å². The second-order valence-corrected chi connectivity index (χ2v) is 8.93. The summed E-state index contributed by atoms with van der Waals surface area (Å²) >= 11 is 7.24. The Bertz CT molecular complexity index is 1220.